The van der Waals surface area contributed by atoms with Crippen molar-refractivity contribution in [2.45, 2.75) is 32.1 Å². The van der Waals surface area contributed by atoms with Crippen molar-refractivity contribution in [3.8, 4) is 0 Å². The molecule has 1 aromatic rings. The zero-order valence-corrected chi connectivity index (χ0v) is 12.8. The fourth-order valence-corrected chi connectivity index (χ4v) is 2.78. The Labute approximate surface area is 123 Å². The van der Waals surface area contributed by atoms with Gasteiger partial charge < -0.3 is 10.2 Å². The molecule has 0 atom stereocenters. The fraction of sp³-hybridized carbons (Fsp3) is 0.533. The van der Waals surface area contributed by atoms with Gasteiger partial charge in [0, 0.05) is 23.2 Å². The van der Waals surface area contributed by atoms with E-state index in [0.29, 0.717) is 6.54 Å². The predicted octanol–water partition coefficient (Wildman–Crippen LogP) is 3.65. The zero-order chi connectivity index (χ0) is 13.5. The van der Waals surface area contributed by atoms with E-state index in [1.807, 2.05) is 29.2 Å². The minimum Gasteiger partial charge on any atom is -0.376 e. The van der Waals surface area contributed by atoms with Gasteiger partial charge in [0.25, 0.3) is 0 Å². The number of hydrogen-bond acceptors (Lipinski definition) is 2. The quantitative estimate of drug-likeness (QED) is 0.920. The second kappa shape index (κ2) is 7.53. The SMILES string of the molecule is O=C(CNc1cccc(Br)c1)N1CCCCCCC1. The van der Waals surface area contributed by atoms with Gasteiger partial charge in [0.15, 0.2) is 0 Å². The van der Waals surface area contributed by atoms with Crippen molar-refractivity contribution in [1.82, 2.24) is 4.90 Å². The van der Waals surface area contributed by atoms with E-state index in [2.05, 4.69) is 21.2 Å². The molecule has 1 saturated heterocycles. The van der Waals surface area contributed by atoms with Crippen molar-refractivity contribution >= 4 is 27.5 Å². The molecule has 2 rings (SSSR count). The van der Waals surface area contributed by atoms with Crippen molar-refractivity contribution in [1.29, 1.82) is 0 Å². The minimum atomic E-state index is 0.210. The van der Waals surface area contributed by atoms with Crippen LogP contribution in [0.1, 0.15) is 32.1 Å². The van der Waals surface area contributed by atoms with Crippen LogP contribution >= 0.6 is 15.9 Å². The van der Waals surface area contributed by atoms with E-state index in [9.17, 15) is 4.79 Å². The highest BCUT2D eigenvalue weighted by Crippen LogP contribution is 2.16. The maximum atomic E-state index is 12.2. The third-order valence-corrected chi connectivity index (χ3v) is 3.97. The average Bonchev–Trinajstić information content (AvgIpc) is 2.36. The summed E-state index contributed by atoms with van der Waals surface area (Å²) < 4.78 is 1.02. The van der Waals surface area contributed by atoms with E-state index in [1.165, 1.54) is 19.3 Å². The number of rotatable bonds is 3. The van der Waals surface area contributed by atoms with Crippen LogP contribution in [-0.2, 0) is 4.79 Å². The lowest BCUT2D eigenvalue weighted by Gasteiger charge is -2.25. The topological polar surface area (TPSA) is 32.3 Å². The molecule has 0 unspecified atom stereocenters. The molecule has 104 valence electrons. The van der Waals surface area contributed by atoms with Crippen LogP contribution in [0.4, 0.5) is 5.69 Å². The zero-order valence-electron chi connectivity index (χ0n) is 11.2. The van der Waals surface area contributed by atoms with E-state index < -0.39 is 0 Å². The number of likely N-dealkylation sites (tertiary alicyclic amines) is 1. The van der Waals surface area contributed by atoms with Crippen LogP contribution in [0.5, 0.6) is 0 Å². The molecule has 1 N–H and O–H groups in total. The van der Waals surface area contributed by atoms with Crippen LogP contribution in [0, 0.1) is 0 Å². The normalized spacial score (nSPS) is 16.6. The van der Waals surface area contributed by atoms with Gasteiger partial charge in [0.2, 0.25) is 5.91 Å². The summed E-state index contributed by atoms with van der Waals surface area (Å²) in [6.07, 6.45) is 6.11. The van der Waals surface area contributed by atoms with Gasteiger partial charge in [-0.05, 0) is 31.0 Å². The summed E-state index contributed by atoms with van der Waals surface area (Å²) in [6, 6.07) is 7.91. The number of carbonyl (C=O) groups is 1. The fourth-order valence-electron chi connectivity index (χ4n) is 2.38. The Kier molecular flexibility index (Phi) is 5.70. The van der Waals surface area contributed by atoms with Gasteiger partial charge >= 0.3 is 0 Å². The van der Waals surface area contributed by atoms with E-state index in [-0.39, 0.29) is 5.91 Å². The molecule has 0 saturated carbocycles. The molecule has 1 aromatic carbocycles. The molecule has 1 aliphatic rings. The van der Waals surface area contributed by atoms with Gasteiger partial charge in [-0.3, -0.25) is 4.79 Å². The molecule has 1 heterocycles. The summed E-state index contributed by atoms with van der Waals surface area (Å²) in [5.41, 5.74) is 0.981. The van der Waals surface area contributed by atoms with E-state index in [0.717, 1.165) is 36.1 Å². The molecular weight excluding hydrogens is 304 g/mol. The van der Waals surface area contributed by atoms with Crippen molar-refractivity contribution < 1.29 is 4.79 Å². The number of amides is 1. The molecule has 0 bridgehead atoms. The molecule has 0 aliphatic carbocycles. The second-order valence-corrected chi connectivity index (χ2v) is 5.93. The Balaban J connectivity index is 1.82. The van der Waals surface area contributed by atoms with Crippen LogP contribution in [0.25, 0.3) is 0 Å². The van der Waals surface area contributed by atoms with Crippen LogP contribution in [0.2, 0.25) is 0 Å². The van der Waals surface area contributed by atoms with Crippen LogP contribution in [-0.4, -0.2) is 30.4 Å². The van der Waals surface area contributed by atoms with Crippen molar-refractivity contribution in [2.75, 3.05) is 25.0 Å². The Hall–Kier alpha value is -1.03. The van der Waals surface area contributed by atoms with Gasteiger partial charge in [0.1, 0.15) is 0 Å². The lowest BCUT2D eigenvalue weighted by Crippen LogP contribution is -2.37. The first kappa shape index (κ1) is 14.4. The highest BCUT2D eigenvalue weighted by Gasteiger charge is 2.14. The number of carbonyl (C=O) groups excluding carboxylic acids is 1. The van der Waals surface area contributed by atoms with Crippen molar-refractivity contribution in [3.05, 3.63) is 28.7 Å². The van der Waals surface area contributed by atoms with Gasteiger partial charge in [-0.1, -0.05) is 41.3 Å². The number of hydrogen-bond donors (Lipinski definition) is 1. The number of nitrogens with one attached hydrogen (secondary N) is 1. The number of benzene rings is 1. The first-order valence-corrected chi connectivity index (χ1v) is 7.82. The van der Waals surface area contributed by atoms with Crippen LogP contribution in [0.3, 0.4) is 0 Å². The van der Waals surface area contributed by atoms with E-state index in [4.69, 9.17) is 0 Å². The summed E-state index contributed by atoms with van der Waals surface area (Å²) >= 11 is 3.43. The maximum absolute atomic E-state index is 12.2. The number of anilines is 1. The molecule has 19 heavy (non-hydrogen) atoms. The summed E-state index contributed by atoms with van der Waals surface area (Å²) in [4.78, 5) is 14.2. The van der Waals surface area contributed by atoms with Gasteiger partial charge in [-0.2, -0.15) is 0 Å². The standard InChI is InChI=1S/C15H21BrN2O/c16-13-7-6-8-14(11-13)17-12-15(19)18-9-4-2-1-3-5-10-18/h6-8,11,17H,1-5,9-10,12H2. The second-order valence-electron chi connectivity index (χ2n) is 5.01. The Morgan fingerprint density at radius 1 is 1.16 bits per heavy atom. The van der Waals surface area contributed by atoms with Gasteiger partial charge in [-0.25, -0.2) is 0 Å². The molecule has 1 aliphatic heterocycles. The largest absolute Gasteiger partial charge is 0.376 e. The molecule has 1 amide bonds. The lowest BCUT2D eigenvalue weighted by molar-refractivity contribution is -0.129. The Morgan fingerprint density at radius 2 is 1.84 bits per heavy atom. The molecular formula is C15H21BrN2O. The average molecular weight is 325 g/mol. The first-order valence-electron chi connectivity index (χ1n) is 7.03. The number of halogens is 1. The molecule has 4 heteroatoms. The molecule has 0 radical (unpaired) electrons. The highest BCUT2D eigenvalue weighted by molar-refractivity contribution is 9.10. The summed E-state index contributed by atoms with van der Waals surface area (Å²) in [7, 11) is 0. The van der Waals surface area contributed by atoms with E-state index >= 15 is 0 Å². The first-order chi connectivity index (χ1) is 9.25. The molecule has 3 nitrogen and oxygen atoms in total. The highest BCUT2D eigenvalue weighted by atomic mass is 79.9. The minimum absolute atomic E-state index is 0.210. The Bertz CT molecular complexity index is 414. The third-order valence-electron chi connectivity index (χ3n) is 3.48. The molecule has 1 fully saturated rings. The van der Waals surface area contributed by atoms with Gasteiger partial charge in [0.05, 0.1) is 6.54 Å². The Morgan fingerprint density at radius 3 is 2.53 bits per heavy atom. The smallest absolute Gasteiger partial charge is 0.241 e. The molecule has 0 aromatic heterocycles. The van der Waals surface area contributed by atoms with E-state index in [1.54, 1.807) is 0 Å². The summed E-state index contributed by atoms with van der Waals surface area (Å²) in [5.74, 6) is 0.210. The van der Waals surface area contributed by atoms with Crippen LogP contribution in [0.15, 0.2) is 28.7 Å². The van der Waals surface area contributed by atoms with Gasteiger partial charge in [-0.15, -0.1) is 0 Å². The summed E-state index contributed by atoms with van der Waals surface area (Å²) in [6.45, 7) is 2.22. The predicted molar refractivity (Wildman–Crippen MR) is 82.3 cm³/mol. The maximum Gasteiger partial charge on any atom is 0.241 e. The third kappa shape index (κ3) is 4.86. The number of nitrogens with zero attached hydrogens (tertiary/aromatic N) is 1. The van der Waals surface area contributed by atoms with Crippen molar-refractivity contribution in [3.63, 3.8) is 0 Å². The monoisotopic (exact) mass is 324 g/mol. The lowest BCUT2D eigenvalue weighted by atomic mass is 10.1. The van der Waals surface area contributed by atoms with Crippen LogP contribution < -0.4 is 5.32 Å². The van der Waals surface area contributed by atoms with Crippen molar-refractivity contribution in [2.24, 2.45) is 0 Å². The molecule has 0 spiro atoms. The summed E-state index contributed by atoms with van der Waals surface area (Å²) in [5, 5.41) is 3.20.